The topological polar surface area (TPSA) is 57.8 Å². The third-order valence-electron chi connectivity index (χ3n) is 3.05. The summed E-state index contributed by atoms with van der Waals surface area (Å²) in [5.41, 5.74) is 2.96. The van der Waals surface area contributed by atoms with Gasteiger partial charge in [-0.25, -0.2) is 4.98 Å². The van der Waals surface area contributed by atoms with Gasteiger partial charge in [-0.2, -0.15) is 0 Å². The van der Waals surface area contributed by atoms with Gasteiger partial charge >= 0.3 is 0 Å². The number of hydrogen-bond acceptors (Lipinski definition) is 3. The van der Waals surface area contributed by atoms with Crippen molar-refractivity contribution < 1.29 is 0 Å². The zero-order valence-electron chi connectivity index (χ0n) is 11.0. The average Bonchev–Trinajstić information content (AvgIpc) is 2.53. The zero-order chi connectivity index (χ0) is 14.7. The lowest BCUT2D eigenvalue weighted by Crippen LogP contribution is -2.09. The van der Waals surface area contributed by atoms with Crippen LogP contribution in [0.1, 0.15) is 0 Å². The van der Waals surface area contributed by atoms with Crippen LogP contribution in [0, 0.1) is 0 Å². The van der Waals surface area contributed by atoms with E-state index in [0.717, 1.165) is 11.3 Å². The van der Waals surface area contributed by atoms with Crippen molar-refractivity contribution in [3.63, 3.8) is 0 Å². The summed E-state index contributed by atoms with van der Waals surface area (Å²) >= 11 is 3.22. The van der Waals surface area contributed by atoms with Crippen molar-refractivity contribution in [1.82, 2.24) is 9.97 Å². The molecule has 0 saturated heterocycles. The number of nitrogens with one attached hydrogen (secondary N) is 2. The summed E-state index contributed by atoms with van der Waals surface area (Å²) in [7, 11) is 0. The molecular formula is C16H12BrN3O. The number of aromatic nitrogens is 2. The van der Waals surface area contributed by atoms with Gasteiger partial charge in [-0.05, 0) is 39.2 Å². The number of halogens is 1. The Balaban J connectivity index is 1.85. The number of benzene rings is 2. The molecule has 2 N–H and O–H groups in total. The Morgan fingerprint density at radius 1 is 0.952 bits per heavy atom. The molecule has 0 saturated carbocycles. The molecule has 2 aromatic carbocycles. The maximum absolute atomic E-state index is 11.5. The van der Waals surface area contributed by atoms with E-state index in [1.54, 1.807) is 0 Å². The van der Waals surface area contributed by atoms with E-state index in [-0.39, 0.29) is 5.56 Å². The van der Waals surface area contributed by atoms with Crippen molar-refractivity contribution in [2.45, 2.75) is 0 Å². The smallest absolute Gasteiger partial charge is 0.267 e. The number of rotatable bonds is 3. The van der Waals surface area contributed by atoms with E-state index in [1.807, 2.05) is 42.5 Å². The van der Waals surface area contributed by atoms with Gasteiger partial charge in [0.25, 0.3) is 5.56 Å². The summed E-state index contributed by atoms with van der Waals surface area (Å²) in [6.45, 7) is 0. The minimum atomic E-state index is -0.214. The van der Waals surface area contributed by atoms with Gasteiger partial charge in [0.15, 0.2) is 5.82 Å². The fourth-order valence-electron chi connectivity index (χ4n) is 1.98. The molecule has 0 radical (unpaired) electrons. The first-order valence-corrected chi connectivity index (χ1v) is 7.19. The molecule has 1 heterocycles. The van der Waals surface area contributed by atoms with Crippen molar-refractivity contribution in [1.29, 1.82) is 0 Å². The number of hydrogen-bond donors (Lipinski definition) is 2. The highest BCUT2D eigenvalue weighted by Crippen LogP contribution is 2.24. The van der Waals surface area contributed by atoms with Gasteiger partial charge in [0.1, 0.15) is 4.47 Å². The summed E-state index contributed by atoms with van der Waals surface area (Å²) in [6, 6.07) is 18.1. The first-order valence-electron chi connectivity index (χ1n) is 6.40. The summed E-state index contributed by atoms with van der Waals surface area (Å²) in [5, 5.41) is 3.11. The van der Waals surface area contributed by atoms with Crippen molar-refractivity contribution in [2.75, 3.05) is 5.32 Å². The second kappa shape index (κ2) is 5.93. The monoisotopic (exact) mass is 341 g/mol. The third-order valence-corrected chi connectivity index (χ3v) is 3.79. The Labute approximate surface area is 130 Å². The molecule has 1 aromatic heterocycles. The molecule has 3 rings (SSSR count). The maximum atomic E-state index is 11.5. The fraction of sp³-hybridized carbons (Fsp3) is 0. The van der Waals surface area contributed by atoms with E-state index in [2.05, 4.69) is 43.3 Å². The highest BCUT2D eigenvalue weighted by Gasteiger charge is 2.05. The summed E-state index contributed by atoms with van der Waals surface area (Å²) in [4.78, 5) is 18.1. The van der Waals surface area contributed by atoms with E-state index in [4.69, 9.17) is 0 Å². The van der Waals surface area contributed by atoms with Crippen LogP contribution < -0.4 is 10.9 Å². The van der Waals surface area contributed by atoms with Crippen LogP contribution in [0.2, 0.25) is 0 Å². The molecule has 0 aliphatic carbocycles. The van der Waals surface area contributed by atoms with Gasteiger partial charge in [-0.3, -0.25) is 4.79 Å². The SMILES string of the molecule is O=c1[nH]cnc(Nc2ccc(-c3ccccc3)cc2)c1Br. The maximum Gasteiger partial charge on any atom is 0.267 e. The van der Waals surface area contributed by atoms with Crippen molar-refractivity contribution in [2.24, 2.45) is 0 Å². The molecular weight excluding hydrogens is 330 g/mol. The fourth-order valence-corrected chi connectivity index (χ4v) is 2.30. The van der Waals surface area contributed by atoms with Gasteiger partial charge < -0.3 is 10.3 Å². The van der Waals surface area contributed by atoms with Crippen LogP contribution >= 0.6 is 15.9 Å². The predicted octanol–water partition coefficient (Wildman–Crippen LogP) is 3.94. The number of anilines is 2. The van der Waals surface area contributed by atoms with E-state index >= 15 is 0 Å². The van der Waals surface area contributed by atoms with Gasteiger partial charge in [0.05, 0.1) is 6.33 Å². The molecule has 5 heteroatoms. The molecule has 0 fully saturated rings. The highest BCUT2D eigenvalue weighted by atomic mass is 79.9. The highest BCUT2D eigenvalue weighted by molar-refractivity contribution is 9.10. The third kappa shape index (κ3) is 3.03. The van der Waals surface area contributed by atoms with Crippen molar-refractivity contribution in [3.05, 3.63) is 75.8 Å². The summed E-state index contributed by atoms with van der Waals surface area (Å²) in [6.07, 6.45) is 1.37. The van der Waals surface area contributed by atoms with Crippen LogP contribution in [0.3, 0.4) is 0 Å². The quantitative estimate of drug-likeness (QED) is 0.758. The Morgan fingerprint density at radius 2 is 1.62 bits per heavy atom. The molecule has 0 aliphatic rings. The number of aromatic amines is 1. The second-order valence-electron chi connectivity index (χ2n) is 4.46. The lowest BCUT2D eigenvalue weighted by Gasteiger charge is -2.08. The van der Waals surface area contributed by atoms with Crippen LogP contribution in [0.15, 0.2) is 70.2 Å². The normalized spacial score (nSPS) is 10.3. The second-order valence-corrected chi connectivity index (χ2v) is 5.26. The number of nitrogens with zero attached hydrogens (tertiary/aromatic N) is 1. The van der Waals surface area contributed by atoms with E-state index in [0.29, 0.717) is 10.3 Å². The lowest BCUT2D eigenvalue weighted by molar-refractivity contribution is 1.10. The summed E-state index contributed by atoms with van der Waals surface area (Å²) < 4.78 is 0.386. The first kappa shape index (κ1) is 13.6. The van der Waals surface area contributed by atoms with Crippen LogP contribution in [0.4, 0.5) is 11.5 Å². The minimum Gasteiger partial charge on any atom is -0.339 e. The standard InChI is InChI=1S/C16H12BrN3O/c17-14-15(18-10-19-16(14)21)20-13-8-6-12(7-9-13)11-4-2-1-3-5-11/h1-10H,(H2,18,19,20,21). The van der Waals surface area contributed by atoms with E-state index in [9.17, 15) is 4.79 Å². The van der Waals surface area contributed by atoms with Crippen LogP contribution in [-0.4, -0.2) is 9.97 Å². The van der Waals surface area contributed by atoms with Crippen LogP contribution in [0.5, 0.6) is 0 Å². The molecule has 0 spiro atoms. The molecule has 104 valence electrons. The van der Waals surface area contributed by atoms with Gasteiger partial charge in [0, 0.05) is 5.69 Å². The molecule has 4 nitrogen and oxygen atoms in total. The lowest BCUT2D eigenvalue weighted by atomic mass is 10.1. The van der Waals surface area contributed by atoms with Crippen LogP contribution in [0.25, 0.3) is 11.1 Å². The van der Waals surface area contributed by atoms with Gasteiger partial charge in [-0.1, -0.05) is 42.5 Å². The van der Waals surface area contributed by atoms with E-state index in [1.165, 1.54) is 11.9 Å². The molecule has 0 unspecified atom stereocenters. The largest absolute Gasteiger partial charge is 0.339 e. The minimum absolute atomic E-state index is 0.214. The first-order chi connectivity index (χ1) is 10.2. The van der Waals surface area contributed by atoms with Crippen molar-refractivity contribution >= 4 is 27.4 Å². The molecule has 0 amide bonds. The Bertz CT molecular complexity index is 798. The summed E-state index contributed by atoms with van der Waals surface area (Å²) in [5.74, 6) is 0.492. The molecule has 21 heavy (non-hydrogen) atoms. The Kier molecular flexibility index (Phi) is 3.83. The van der Waals surface area contributed by atoms with Crippen LogP contribution in [-0.2, 0) is 0 Å². The predicted molar refractivity (Wildman–Crippen MR) is 87.7 cm³/mol. The Hall–Kier alpha value is -2.40. The Morgan fingerprint density at radius 3 is 2.33 bits per heavy atom. The van der Waals surface area contributed by atoms with E-state index < -0.39 is 0 Å². The van der Waals surface area contributed by atoms with Gasteiger partial charge in [0.2, 0.25) is 0 Å². The molecule has 0 aliphatic heterocycles. The zero-order valence-corrected chi connectivity index (χ0v) is 12.6. The molecule has 0 atom stereocenters. The molecule has 0 bridgehead atoms. The number of H-pyrrole nitrogens is 1. The van der Waals surface area contributed by atoms with Gasteiger partial charge in [-0.15, -0.1) is 0 Å². The average molecular weight is 342 g/mol. The van der Waals surface area contributed by atoms with Crippen molar-refractivity contribution in [3.8, 4) is 11.1 Å². The molecule has 3 aromatic rings.